The van der Waals surface area contributed by atoms with Crippen LogP contribution in [0.3, 0.4) is 0 Å². The molecule has 0 bridgehead atoms. The van der Waals surface area contributed by atoms with Crippen molar-refractivity contribution in [2.75, 3.05) is 5.43 Å². The van der Waals surface area contributed by atoms with Crippen molar-refractivity contribution in [3.8, 4) is 0 Å². The third-order valence-electron chi connectivity index (χ3n) is 3.08. The number of benzene rings is 2. The molecular weight excluding hydrogens is 248 g/mol. The van der Waals surface area contributed by atoms with E-state index in [9.17, 15) is 0 Å². The average molecular weight is 265 g/mol. The van der Waals surface area contributed by atoms with Crippen molar-refractivity contribution in [1.82, 2.24) is 4.98 Å². The Morgan fingerprint density at radius 2 is 1.85 bits per heavy atom. The Labute approximate surface area is 117 Å². The van der Waals surface area contributed by atoms with E-state index in [1.807, 2.05) is 49.4 Å². The van der Waals surface area contributed by atoms with Gasteiger partial charge in [-0.2, -0.15) is 5.10 Å². The molecule has 3 aromatic rings. The third kappa shape index (κ3) is 2.85. The van der Waals surface area contributed by atoms with Crippen LogP contribution in [-0.4, -0.2) is 10.7 Å². The number of aromatic nitrogens is 2. The first-order valence-electron chi connectivity index (χ1n) is 6.64. The lowest BCUT2D eigenvalue weighted by molar-refractivity contribution is -0.356. The largest absolute Gasteiger partial charge is 0.279 e. The summed E-state index contributed by atoms with van der Waals surface area (Å²) in [7, 11) is 0. The first kappa shape index (κ1) is 12.4. The second kappa shape index (κ2) is 5.57. The van der Waals surface area contributed by atoms with Crippen LogP contribution < -0.4 is 10.4 Å². The molecule has 4 nitrogen and oxygen atoms in total. The Morgan fingerprint density at radius 3 is 2.65 bits per heavy atom. The lowest BCUT2D eigenvalue weighted by atomic mass is 10.3. The van der Waals surface area contributed by atoms with Gasteiger partial charge >= 0.3 is 0 Å². The van der Waals surface area contributed by atoms with Crippen LogP contribution in [0.5, 0.6) is 0 Å². The van der Waals surface area contributed by atoms with Gasteiger partial charge in [0.15, 0.2) is 11.0 Å². The van der Waals surface area contributed by atoms with Crippen LogP contribution in [0.2, 0.25) is 0 Å². The van der Waals surface area contributed by atoms with Gasteiger partial charge in [-0.25, -0.2) is 9.97 Å². The van der Waals surface area contributed by atoms with E-state index in [4.69, 9.17) is 0 Å². The smallest absolute Gasteiger partial charge is 0.258 e. The molecule has 1 heterocycles. The molecule has 3 N–H and O–H groups in total. The lowest BCUT2D eigenvalue weighted by Crippen LogP contribution is -2.12. The van der Waals surface area contributed by atoms with E-state index in [2.05, 4.69) is 32.6 Å². The number of para-hydroxylation sites is 3. The minimum absolute atomic E-state index is 0.758. The van der Waals surface area contributed by atoms with Gasteiger partial charge in [0.05, 0.1) is 12.1 Å². The molecule has 0 amide bonds. The molecule has 0 aliphatic heterocycles. The molecule has 0 aliphatic carbocycles. The van der Waals surface area contributed by atoms with Crippen LogP contribution in [0.4, 0.5) is 5.69 Å². The van der Waals surface area contributed by atoms with E-state index in [1.54, 1.807) is 0 Å². The summed E-state index contributed by atoms with van der Waals surface area (Å²) in [6, 6.07) is 18.1. The van der Waals surface area contributed by atoms with Crippen molar-refractivity contribution in [2.45, 2.75) is 13.3 Å². The van der Waals surface area contributed by atoms with Crippen molar-refractivity contribution in [3.05, 3.63) is 60.4 Å². The Hall–Kier alpha value is -2.62. The van der Waals surface area contributed by atoms with Crippen molar-refractivity contribution in [1.29, 1.82) is 0 Å². The van der Waals surface area contributed by atoms with E-state index in [1.165, 1.54) is 0 Å². The van der Waals surface area contributed by atoms with Crippen LogP contribution in [0.1, 0.15) is 12.7 Å². The summed E-state index contributed by atoms with van der Waals surface area (Å²) >= 11 is 0. The van der Waals surface area contributed by atoms with Gasteiger partial charge in [0.2, 0.25) is 0 Å². The van der Waals surface area contributed by atoms with Crippen LogP contribution in [0, 0.1) is 0 Å². The molecule has 0 fully saturated rings. The predicted octanol–water partition coefficient (Wildman–Crippen LogP) is 3.01. The van der Waals surface area contributed by atoms with Crippen molar-refractivity contribution in [3.63, 3.8) is 0 Å². The fraction of sp³-hybridized carbons (Fsp3) is 0.125. The van der Waals surface area contributed by atoms with E-state index in [-0.39, 0.29) is 0 Å². The van der Waals surface area contributed by atoms with Crippen molar-refractivity contribution in [2.24, 2.45) is 5.10 Å². The average Bonchev–Trinajstić information content (AvgIpc) is 2.88. The summed E-state index contributed by atoms with van der Waals surface area (Å²) in [5.41, 5.74) is 7.30. The number of fused-ring (bicyclic) bond motifs is 1. The number of hydrogen-bond donors (Lipinski definition) is 2. The maximum atomic E-state index is 4.39. The fourth-order valence-electron chi connectivity index (χ4n) is 2.11. The van der Waals surface area contributed by atoms with Gasteiger partial charge in [0.1, 0.15) is 0 Å². The molecule has 3 rings (SSSR count). The summed E-state index contributed by atoms with van der Waals surface area (Å²) < 4.78 is 0. The number of anilines is 1. The first-order valence-corrected chi connectivity index (χ1v) is 6.64. The second-order valence-electron chi connectivity index (χ2n) is 4.78. The number of nitrogens with zero attached hydrogens (tertiary/aromatic N) is 1. The van der Waals surface area contributed by atoms with Gasteiger partial charge in [-0.15, -0.1) is 0 Å². The zero-order valence-electron chi connectivity index (χ0n) is 11.4. The molecule has 1 aromatic heterocycles. The number of aromatic amines is 2. The number of hydrogen-bond acceptors (Lipinski definition) is 2. The monoisotopic (exact) mass is 265 g/mol. The number of rotatable bonds is 4. The number of hydrazone groups is 1. The number of nitrogens with one attached hydrogen (secondary N) is 3. The van der Waals surface area contributed by atoms with Gasteiger partial charge < -0.3 is 0 Å². The summed E-state index contributed by atoms with van der Waals surface area (Å²) in [5, 5.41) is 4.39. The molecule has 0 atom stereocenters. The van der Waals surface area contributed by atoms with Crippen molar-refractivity contribution < 1.29 is 4.98 Å². The topological polar surface area (TPSA) is 54.3 Å². The summed E-state index contributed by atoms with van der Waals surface area (Å²) in [4.78, 5) is 6.72. The molecule has 0 spiro atoms. The molecule has 4 heteroatoms. The highest BCUT2D eigenvalue weighted by atomic mass is 15.3. The SMILES string of the molecule is CC(Cc1[nH]c2ccccc2[nH+]1)=NNc1ccccc1. The summed E-state index contributed by atoms with van der Waals surface area (Å²) in [5.74, 6) is 1.06. The highest BCUT2D eigenvalue weighted by molar-refractivity contribution is 5.84. The summed E-state index contributed by atoms with van der Waals surface area (Å²) in [6.07, 6.45) is 0.758. The highest BCUT2D eigenvalue weighted by Gasteiger charge is 2.09. The van der Waals surface area contributed by atoms with E-state index < -0.39 is 0 Å². The first-order chi connectivity index (χ1) is 9.81. The Kier molecular flexibility index (Phi) is 3.46. The van der Waals surface area contributed by atoms with Crippen LogP contribution in [-0.2, 0) is 6.42 Å². The molecule has 0 aliphatic rings. The standard InChI is InChI=1S/C16H16N4/c1-12(19-20-13-7-3-2-4-8-13)11-16-17-14-9-5-6-10-15(14)18-16/h2-10,20H,11H2,1H3,(H,17,18)/p+1. The van der Waals surface area contributed by atoms with Crippen LogP contribution in [0.25, 0.3) is 11.0 Å². The van der Waals surface area contributed by atoms with Crippen LogP contribution in [0.15, 0.2) is 59.7 Å². The maximum Gasteiger partial charge on any atom is 0.258 e. The normalized spacial score (nSPS) is 11.8. The van der Waals surface area contributed by atoms with Gasteiger partial charge in [-0.3, -0.25) is 5.43 Å². The molecule has 20 heavy (non-hydrogen) atoms. The third-order valence-corrected chi connectivity index (χ3v) is 3.08. The van der Waals surface area contributed by atoms with E-state index in [0.717, 1.165) is 34.7 Å². The second-order valence-corrected chi connectivity index (χ2v) is 4.78. The van der Waals surface area contributed by atoms with Gasteiger partial charge in [-0.05, 0) is 31.2 Å². The van der Waals surface area contributed by atoms with Gasteiger partial charge in [0.25, 0.3) is 5.82 Å². The zero-order valence-corrected chi connectivity index (χ0v) is 11.4. The molecule has 2 aromatic carbocycles. The molecule has 0 saturated carbocycles. The number of imidazole rings is 1. The Morgan fingerprint density at radius 1 is 1.10 bits per heavy atom. The predicted molar refractivity (Wildman–Crippen MR) is 81.7 cm³/mol. The van der Waals surface area contributed by atoms with E-state index >= 15 is 0 Å². The minimum Gasteiger partial charge on any atom is -0.279 e. The molecule has 0 unspecified atom stereocenters. The number of H-pyrrole nitrogens is 2. The molecular formula is C16H17N4+. The minimum atomic E-state index is 0.758. The van der Waals surface area contributed by atoms with Crippen LogP contribution >= 0.6 is 0 Å². The maximum absolute atomic E-state index is 4.39. The molecule has 100 valence electrons. The lowest BCUT2D eigenvalue weighted by Gasteiger charge is -2.00. The highest BCUT2D eigenvalue weighted by Crippen LogP contribution is 2.07. The fourth-order valence-corrected chi connectivity index (χ4v) is 2.11. The van der Waals surface area contributed by atoms with Crippen molar-refractivity contribution >= 4 is 22.4 Å². The zero-order chi connectivity index (χ0) is 13.8. The molecule has 0 saturated heterocycles. The Bertz CT molecular complexity index is 695. The Balaban J connectivity index is 1.70. The van der Waals surface area contributed by atoms with E-state index in [0.29, 0.717) is 0 Å². The quantitative estimate of drug-likeness (QED) is 0.553. The van der Waals surface area contributed by atoms with Gasteiger partial charge in [-0.1, -0.05) is 30.3 Å². The molecule has 0 radical (unpaired) electrons. The summed E-state index contributed by atoms with van der Waals surface area (Å²) in [6.45, 7) is 2.01. The van der Waals surface area contributed by atoms with Gasteiger partial charge in [0, 0.05) is 5.71 Å².